The summed E-state index contributed by atoms with van der Waals surface area (Å²) >= 11 is 6.21. The van der Waals surface area contributed by atoms with Crippen molar-refractivity contribution in [3.8, 4) is 11.3 Å². The number of hydrogen-bond donors (Lipinski definition) is 3. The highest BCUT2D eigenvalue weighted by Crippen LogP contribution is 2.29. The van der Waals surface area contributed by atoms with E-state index in [4.69, 9.17) is 16.0 Å². The van der Waals surface area contributed by atoms with Crippen LogP contribution in [0.4, 0.5) is 0 Å². The van der Waals surface area contributed by atoms with Crippen LogP contribution in [0.2, 0.25) is 5.02 Å². The molecule has 0 radical (unpaired) electrons. The number of benzene rings is 2. The summed E-state index contributed by atoms with van der Waals surface area (Å²) < 4.78 is 5.84. The third kappa shape index (κ3) is 3.81. The van der Waals surface area contributed by atoms with Gasteiger partial charge in [0.2, 0.25) is 0 Å². The molecule has 4 aromatic rings. The second kappa shape index (κ2) is 7.92. The number of carbonyl (C=O) groups is 1. The fourth-order valence-corrected chi connectivity index (χ4v) is 3.50. The number of fused-ring (bicyclic) bond motifs is 1. The molecule has 28 heavy (non-hydrogen) atoms. The molecule has 0 spiro atoms. The van der Waals surface area contributed by atoms with E-state index in [-0.39, 0.29) is 0 Å². The molecule has 3 N–H and O–H groups in total. The topological polar surface area (TPSA) is 78.3 Å². The van der Waals surface area contributed by atoms with Crippen LogP contribution in [0, 0.1) is 0 Å². The molecule has 0 fully saturated rings. The molecule has 2 aromatic carbocycles. The maximum absolute atomic E-state index is 11.7. The van der Waals surface area contributed by atoms with Crippen LogP contribution in [0.1, 0.15) is 11.3 Å². The van der Waals surface area contributed by atoms with Crippen LogP contribution in [0.3, 0.4) is 0 Å². The van der Waals surface area contributed by atoms with Crippen molar-refractivity contribution in [1.29, 1.82) is 0 Å². The van der Waals surface area contributed by atoms with E-state index in [1.807, 2.05) is 60.8 Å². The number of hydrogen-bond acceptors (Lipinski definition) is 3. The lowest BCUT2D eigenvalue weighted by atomic mass is 10.0. The number of halogens is 1. The number of aromatic nitrogens is 1. The first-order valence-corrected chi connectivity index (χ1v) is 9.34. The lowest BCUT2D eigenvalue weighted by Crippen LogP contribution is -2.37. The Balaban J connectivity index is 1.46. The second-order valence-electron chi connectivity index (χ2n) is 6.58. The molecule has 2 heterocycles. The van der Waals surface area contributed by atoms with Crippen LogP contribution >= 0.6 is 11.6 Å². The fraction of sp³-hybridized carbons (Fsp3) is 0.136. The van der Waals surface area contributed by atoms with Gasteiger partial charge in [-0.05, 0) is 35.9 Å². The van der Waals surface area contributed by atoms with E-state index >= 15 is 0 Å². The number of H-pyrrole nitrogens is 1. The molecule has 142 valence electrons. The van der Waals surface area contributed by atoms with Gasteiger partial charge < -0.3 is 14.5 Å². The van der Waals surface area contributed by atoms with E-state index < -0.39 is 12.0 Å². The smallest absolute Gasteiger partial charge is 0.321 e. The van der Waals surface area contributed by atoms with Crippen molar-refractivity contribution in [3.63, 3.8) is 0 Å². The zero-order valence-corrected chi connectivity index (χ0v) is 15.7. The van der Waals surface area contributed by atoms with Gasteiger partial charge in [0.1, 0.15) is 17.6 Å². The SMILES string of the molecule is O=C(O)[C@@H](Cc1c[nH]c2ccccc12)NCc1ccc(-c2ccccc2Cl)o1. The van der Waals surface area contributed by atoms with Gasteiger partial charge in [0.15, 0.2) is 0 Å². The van der Waals surface area contributed by atoms with Gasteiger partial charge in [-0.2, -0.15) is 0 Å². The first-order chi connectivity index (χ1) is 13.6. The van der Waals surface area contributed by atoms with Crippen LogP contribution in [-0.2, 0) is 17.8 Å². The van der Waals surface area contributed by atoms with Crippen molar-refractivity contribution in [1.82, 2.24) is 10.3 Å². The Kier molecular flexibility index (Phi) is 5.19. The molecule has 0 saturated carbocycles. The molecule has 0 saturated heterocycles. The zero-order valence-electron chi connectivity index (χ0n) is 15.0. The minimum Gasteiger partial charge on any atom is -0.480 e. The van der Waals surface area contributed by atoms with Gasteiger partial charge in [0, 0.05) is 29.1 Å². The molecule has 1 atom stereocenters. The molecule has 5 nitrogen and oxygen atoms in total. The minimum absolute atomic E-state index is 0.309. The predicted octanol–water partition coefficient (Wildman–Crippen LogP) is 4.87. The zero-order chi connectivity index (χ0) is 19.5. The number of para-hydroxylation sites is 1. The molecule has 0 unspecified atom stereocenters. The lowest BCUT2D eigenvalue weighted by molar-refractivity contribution is -0.139. The molecule has 6 heteroatoms. The Morgan fingerprint density at radius 1 is 1.11 bits per heavy atom. The maximum atomic E-state index is 11.7. The van der Waals surface area contributed by atoms with Crippen LogP contribution in [0.25, 0.3) is 22.2 Å². The van der Waals surface area contributed by atoms with Gasteiger partial charge >= 0.3 is 5.97 Å². The third-order valence-corrected chi connectivity index (χ3v) is 5.05. The number of rotatable bonds is 7. The van der Waals surface area contributed by atoms with E-state index in [2.05, 4.69) is 10.3 Å². The number of aromatic amines is 1. The van der Waals surface area contributed by atoms with E-state index in [0.717, 1.165) is 22.0 Å². The summed E-state index contributed by atoms with van der Waals surface area (Å²) in [7, 11) is 0. The normalized spacial score (nSPS) is 12.3. The van der Waals surface area contributed by atoms with E-state index in [9.17, 15) is 9.90 Å². The summed E-state index contributed by atoms with van der Waals surface area (Å²) in [4.78, 5) is 14.9. The molecule has 0 aliphatic heterocycles. The van der Waals surface area contributed by atoms with Crippen LogP contribution < -0.4 is 5.32 Å². The van der Waals surface area contributed by atoms with Gasteiger partial charge in [-0.1, -0.05) is 41.9 Å². The molecule has 0 amide bonds. The maximum Gasteiger partial charge on any atom is 0.321 e. The number of carboxylic acid groups (broad SMARTS) is 1. The summed E-state index contributed by atoms with van der Waals surface area (Å²) in [6.45, 7) is 0.309. The van der Waals surface area contributed by atoms with Crippen LogP contribution in [0.5, 0.6) is 0 Å². The largest absolute Gasteiger partial charge is 0.480 e. The summed E-state index contributed by atoms with van der Waals surface area (Å²) in [5.41, 5.74) is 2.77. The highest BCUT2D eigenvalue weighted by Gasteiger charge is 2.20. The Morgan fingerprint density at radius 2 is 1.89 bits per heavy atom. The van der Waals surface area contributed by atoms with Gasteiger partial charge in [0.05, 0.1) is 11.6 Å². The summed E-state index contributed by atoms with van der Waals surface area (Å²) in [5, 5.41) is 14.3. The van der Waals surface area contributed by atoms with E-state index in [1.165, 1.54) is 0 Å². The average Bonchev–Trinajstić information content (AvgIpc) is 3.32. The number of furan rings is 1. The first-order valence-electron chi connectivity index (χ1n) is 8.96. The van der Waals surface area contributed by atoms with E-state index in [1.54, 1.807) is 6.07 Å². The Morgan fingerprint density at radius 3 is 2.71 bits per heavy atom. The molecule has 0 bridgehead atoms. The van der Waals surface area contributed by atoms with E-state index in [0.29, 0.717) is 29.5 Å². The number of aliphatic carboxylic acids is 1. The van der Waals surface area contributed by atoms with Gasteiger partial charge in [-0.25, -0.2) is 0 Å². The Bertz CT molecular complexity index is 1120. The Labute approximate surface area is 166 Å². The van der Waals surface area contributed by atoms with Crippen molar-refractivity contribution in [2.24, 2.45) is 0 Å². The highest BCUT2D eigenvalue weighted by molar-refractivity contribution is 6.33. The first kappa shape index (κ1) is 18.3. The summed E-state index contributed by atoms with van der Waals surface area (Å²) in [5.74, 6) is 0.411. The fourth-order valence-electron chi connectivity index (χ4n) is 3.27. The number of carboxylic acids is 1. The summed E-state index contributed by atoms with van der Waals surface area (Å²) in [6, 6.07) is 18.2. The van der Waals surface area contributed by atoms with Gasteiger partial charge in [0.25, 0.3) is 0 Å². The van der Waals surface area contributed by atoms with Crippen LogP contribution in [0.15, 0.2) is 71.3 Å². The monoisotopic (exact) mass is 394 g/mol. The predicted molar refractivity (Wildman–Crippen MR) is 109 cm³/mol. The molecule has 0 aliphatic carbocycles. The molecular formula is C22H19ClN2O3. The number of nitrogens with one attached hydrogen (secondary N) is 2. The molecule has 2 aromatic heterocycles. The summed E-state index contributed by atoms with van der Waals surface area (Å²) in [6.07, 6.45) is 2.24. The van der Waals surface area contributed by atoms with Crippen molar-refractivity contribution < 1.29 is 14.3 Å². The quantitative estimate of drug-likeness (QED) is 0.418. The standard InChI is InChI=1S/C22H19ClN2O3/c23-18-7-3-1-6-17(18)21-10-9-15(28-21)13-25-20(22(26)27)11-14-12-24-19-8-4-2-5-16(14)19/h1-10,12,20,24-25H,11,13H2,(H,26,27)/t20-/m1/s1. The van der Waals surface area contributed by atoms with Gasteiger partial charge in [-0.3, -0.25) is 10.1 Å². The molecule has 4 rings (SSSR count). The average molecular weight is 395 g/mol. The van der Waals surface area contributed by atoms with Crippen molar-refractivity contribution in [2.75, 3.05) is 0 Å². The van der Waals surface area contributed by atoms with Crippen molar-refractivity contribution in [3.05, 3.63) is 83.2 Å². The molecule has 0 aliphatic rings. The van der Waals surface area contributed by atoms with Crippen molar-refractivity contribution in [2.45, 2.75) is 19.0 Å². The third-order valence-electron chi connectivity index (χ3n) is 4.72. The van der Waals surface area contributed by atoms with Gasteiger partial charge in [-0.15, -0.1) is 0 Å². The second-order valence-corrected chi connectivity index (χ2v) is 6.99. The highest BCUT2D eigenvalue weighted by atomic mass is 35.5. The molecular weight excluding hydrogens is 376 g/mol. The lowest BCUT2D eigenvalue weighted by Gasteiger charge is -2.13. The van der Waals surface area contributed by atoms with Crippen LogP contribution in [-0.4, -0.2) is 22.1 Å². The Hall–Kier alpha value is -3.02. The van der Waals surface area contributed by atoms with Crippen molar-refractivity contribution >= 4 is 28.5 Å². The minimum atomic E-state index is -0.900.